The molecule has 166 valence electrons. The van der Waals surface area contributed by atoms with Crippen LogP contribution in [-0.2, 0) is 23.8 Å². The zero-order chi connectivity index (χ0) is 22.2. The highest BCUT2D eigenvalue weighted by molar-refractivity contribution is 7.15. The van der Waals surface area contributed by atoms with Crippen molar-refractivity contribution in [1.29, 1.82) is 0 Å². The molecule has 1 aromatic carbocycles. The number of carbonyl (C=O) groups is 2. The number of carbonyl (C=O) groups excluding carboxylic acids is 2. The van der Waals surface area contributed by atoms with Crippen molar-refractivity contribution < 1.29 is 22.8 Å². The highest BCUT2D eigenvalue weighted by Crippen LogP contribution is 2.33. The van der Waals surface area contributed by atoms with Crippen molar-refractivity contribution in [3.8, 4) is 0 Å². The number of hydrogen-bond donors (Lipinski definition) is 1. The third-order valence-electron chi connectivity index (χ3n) is 6.03. The second kappa shape index (κ2) is 8.61. The highest BCUT2D eigenvalue weighted by Gasteiger charge is 2.32. The third kappa shape index (κ3) is 4.92. The van der Waals surface area contributed by atoms with Crippen molar-refractivity contribution in [1.82, 2.24) is 9.88 Å². The molecule has 2 amide bonds. The maximum atomic E-state index is 12.7. The quantitative estimate of drug-likeness (QED) is 0.731. The number of alkyl halides is 3. The average Bonchev–Trinajstić information content (AvgIpc) is 3.14. The number of aromatic nitrogens is 1. The highest BCUT2D eigenvalue weighted by atomic mass is 32.1. The van der Waals surface area contributed by atoms with Crippen LogP contribution in [0.25, 0.3) is 0 Å². The van der Waals surface area contributed by atoms with E-state index in [0.717, 1.165) is 37.1 Å². The molecule has 9 heteroatoms. The van der Waals surface area contributed by atoms with Crippen LogP contribution in [0.1, 0.15) is 52.7 Å². The number of nitrogens with one attached hydrogen (secondary N) is 1. The Labute approximate surface area is 182 Å². The molecule has 0 saturated carbocycles. The fourth-order valence-electron chi connectivity index (χ4n) is 4.13. The normalized spacial score (nSPS) is 19.7. The Hall–Kier alpha value is -2.42. The van der Waals surface area contributed by atoms with Crippen molar-refractivity contribution in [3.05, 3.63) is 46.0 Å². The summed E-state index contributed by atoms with van der Waals surface area (Å²) in [6.07, 6.45) is -0.320. The van der Waals surface area contributed by atoms with E-state index in [4.69, 9.17) is 0 Å². The second-order valence-electron chi connectivity index (χ2n) is 8.37. The lowest BCUT2D eigenvalue weighted by atomic mass is 9.93. The van der Waals surface area contributed by atoms with Crippen molar-refractivity contribution in [2.24, 2.45) is 11.8 Å². The standard InChI is InChI=1S/C22H24F3N3O2S/c1-13-2-7-17-18(12-13)31-21(26-17)27-19(29)14-8-10-28(11-9-14)20(30)15-3-5-16(6-4-15)22(23,24)25/h3-6,13-14H,2,7-12H2,1H3,(H,26,27,29). The summed E-state index contributed by atoms with van der Waals surface area (Å²) in [6.45, 7) is 3.01. The number of thiazole rings is 1. The van der Waals surface area contributed by atoms with Crippen LogP contribution in [0.15, 0.2) is 24.3 Å². The van der Waals surface area contributed by atoms with E-state index < -0.39 is 11.7 Å². The Morgan fingerprint density at radius 2 is 1.81 bits per heavy atom. The Bertz CT molecular complexity index is 963. The van der Waals surface area contributed by atoms with E-state index in [1.54, 1.807) is 16.2 Å². The van der Waals surface area contributed by atoms with Crippen LogP contribution < -0.4 is 5.32 Å². The number of likely N-dealkylation sites (tertiary alicyclic amines) is 1. The molecule has 1 unspecified atom stereocenters. The molecule has 0 radical (unpaired) electrons. The lowest BCUT2D eigenvalue weighted by molar-refractivity contribution is -0.137. The summed E-state index contributed by atoms with van der Waals surface area (Å²) in [7, 11) is 0. The number of amides is 2. The Morgan fingerprint density at radius 3 is 2.45 bits per heavy atom. The molecule has 1 aliphatic heterocycles. The van der Waals surface area contributed by atoms with Crippen LogP contribution >= 0.6 is 11.3 Å². The van der Waals surface area contributed by atoms with Gasteiger partial charge in [0.1, 0.15) is 0 Å². The topological polar surface area (TPSA) is 62.3 Å². The van der Waals surface area contributed by atoms with E-state index in [2.05, 4.69) is 17.2 Å². The average molecular weight is 452 g/mol. The number of rotatable bonds is 3. The molecule has 0 spiro atoms. The van der Waals surface area contributed by atoms with Gasteiger partial charge in [0.15, 0.2) is 5.13 Å². The minimum Gasteiger partial charge on any atom is -0.339 e. The van der Waals surface area contributed by atoms with Gasteiger partial charge in [0.2, 0.25) is 5.91 Å². The molecule has 1 atom stereocenters. The van der Waals surface area contributed by atoms with Gasteiger partial charge in [-0.1, -0.05) is 6.92 Å². The zero-order valence-corrected chi connectivity index (χ0v) is 18.0. The molecular weight excluding hydrogens is 427 g/mol. The van der Waals surface area contributed by atoms with Gasteiger partial charge in [-0.05, 0) is 62.3 Å². The molecular formula is C22H24F3N3O2S. The number of piperidine rings is 1. The minimum atomic E-state index is -4.43. The van der Waals surface area contributed by atoms with Crippen LogP contribution in [0.4, 0.5) is 18.3 Å². The van der Waals surface area contributed by atoms with E-state index in [1.807, 2.05) is 0 Å². The third-order valence-corrected chi connectivity index (χ3v) is 7.06. The Kier molecular flexibility index (Phi) is 6.05. The van der Waals surface area contributed by atoms with Gasteiger partial charge in [0.05, 0.1) is 11.3 Å². The molecule has 1 saturated heterocycles. The first-order valence-corrected chi connectivity index (χ1v) is 11.3. The Morgan fingerprint density at radius 1 is 1.13 bits per heavy atom. The van der Waals surface area contributed by atoms with Crippen LogP contribution in [0.3, 0.4) is 0 Å². The van der Waals surface area contributed by atoms with E-state index in [9.17, 15) is 22.8 Å². The van der Waals surface area contributed by atoms with Crippen LogP contribution in [0, 0.1) is 11.8 Å². The molecule has 1 aromatic heterocycles. The van der Waals surface area contributed by atoms with Crippen LogP contribution in [0.2, 0.25) is 0 Å². The van der Waals surface area contributed by atoms with Gasteiger partial charge in [-0.15, -0.1) is 11.3 Å². The van der Waals surface area contributed by atoms with Crippen molar-refractivity contribution in [3.63, 3.8) is 0 Å². The molecule has 1 fully saturated rings. The van der Waals surface area contributed by atoms with Gasteiger partial charge in [0, 0.05) is 29.4 Å². The molecule has 0 bridgehead atoms. The van der Waals surface area contributed by atoms with Gasteiger partial charge < -0.3 is 10.2 Å². The summed E-state index contributed by atoms with van der Waals surface area (Å²) in [5.41, 5.74) is 0.534. The summed E-state index contributed by atoms with van der Waals surface area (Å²) in [5.74, 6) is 0.0367. The first-order chi connectivity index (χ1) is 14.7. The van der Waals surface area contributed by atoms with Crippen molar-refractivity contribution in [2.45, 2.75) is 45.2 Å². The van der Waals surface area contributed by atoms with Gasteiger partial charge in [-0.3, -0.25) is 9.59 Å². The van der Waals surface area contributed by atoms with Gasteiger partial charge in [0.25, 0.3) is 5.91 Å². The number of fused-ring (bicyclic) bond motifs is 1. The maximum absolute atomic E-state index is 12.7. The summed E-state index contributed by atoms with van der Waals surface area (Å²) in [5, 5.41) is 3.58. The van der Waals surface area contributed by atoms with Crippen LogP contribution in [0.5, 0.6) is 0 Å². The number of benzene rings is 1. The summed E-state index contributed by atoms with van der Waals surface area (Å²) in [6, 6.07) is 4.24. The fraction of sp³-hybridized carbons (Fsp3) is 0.500. The predicted octanol–water partition coefficient (Wildman–Crippen LogP) is 4.78. The van der Waals surface area contributed by atoms with E-state index in [0.29, 0.717) is 37.0 Å². The van der Waals surface area contributed by atoms with Gasteiger partial charge >= 0.3 is 6.18 Å². The molecule has 2 aliphatic rings. The smallest absolute Gasteiger partial charge is 0.339 e. The largest absolute Gasteiger partial charge is 0.416 e. The van der Waals surface area contributed by atoms with E-state index in [-0.39, 0.29) is 23.3 Å². The SMILES string of the molecule is CC1CCc2nc(NC(=O)C3CCN(C(=O)c4ccc(C(F)(F)F)cc4)CC3)sc2C1. The first-order valence-electron chi connectivity index (χ1n) is 10.5. The summed E-state index contributed by atoms with van der Waals surface area (Å²) >= 11 is 1.55. The van der Waals surface area contributed by atoms with Gasteiger partial charge in [-0.25, -0.2) is 4.98 Å². The summed E-state index contributed by atoms with van der Waals surface area (Å²) in [4.78, 5) is 32.7. The molecule has 5 nitrogen and oxygen atoms in total. The number of aryl methyl sites for hydroxylation is 1. The first kappa shape index (κ1) is 21.8. The monoisotopic (exact) mass is 451 g/mol. The number of hydrogen-bond acceptors (Lipinski definition) is 4. The maximum Gasteiger partial charge on any atom is 0.416 e. The predicted molar refractivity (Wildman–Crippen MR) is 112 cm³/mol. The van der Waals surface area contributed by atoms with Gasteiger partial charge in [-0.2, -0.15) is 13.2 Å². The molecule has 31 heavy (non-hydrogen) atoms. The van der Waals surface area contributed by atoms with E-state index >= 15 is 0 Å². The van der Waals surface area contributed by atoms with Crippen LogP contribution in [-0.4, -0.2) is 34.8 Å². The number of nitrogens with zero attached hydrogens (tertiary/aromatic N) is 2. The minimum absolute atomic E-state index is 0.0826. The molecule has 1 N–H and O–H groups in total. The molecule has 4 rings (SSSR count). The zero-order valence-electron chi connectivity index (χ0n) is 17.2. The van der Waals surface area contributed by atoms with Crippen molar-refractivity contribution in [2.75, 3.05) is 18.4 Å². The van der Waals surface area contributed by atoms with E-state index in [1.165, 1.54) is 17.0 Å². The molecule has 2 heterocycles. The number of anilines is 1. The van der Waals surface area contributed by atoms with Crippen molar-refractivity contribution >= 4 is 28.3 Å². The lowest BCUT2D eigenvalue weighted by Crippen LogP contribution is -2.41. The molecule has 2 aromatic rings. The lowest BCUT2D eigenvalue weighted by Gasteiger charge is -2.31. The Balaban J connectivity index is 1.31. The summed E-state index contributed by atoms with van der Waals surface area (Å²) < 4.78 is 38.1. The second-order valence-corrected chi connectivity index (χ2v) is 9.45. The molecule has 1 aliphatic carbocycles. The number of halogens is 3. The fourth-order valence-corrected chi connectivity index (χ4v) is 5.30.